The minimum absolute atomic E-state index is 0.0209. The van der Waals surface area contributed by atoms with E-state index in [-0.39, 0.29) is 6.10 Å². The van der Waals surface area contributed by atoms with Gasteiger partial charge < -0.3 is 14.8 Å². The van der Waals surface area contributed by atoms with Gasteiger partial charge in [-0.25, -0.2) is 0 Å². The second kappa shape index (κ2) is 7.68. The first-order chi connectivity index (χ1) is 9.83. The molecular weight excluding hydrogens is 250 g/mol. The molecule has 1 atom stereocenters. The van der Waals surface area contributed by atoms with E-state index in [2.05, 4.69) is 29.6 Å². The van der Waals surface area contributed by atoms with Crippen LogP contribution in [0.4, 0.5) is 0 Å². The van der Waals surface area contributed by atoms with E-state index in [0.29, 0.717) is 6.61 Å². The number of hydrogen-bond donors (Lipinski definition) is 1. The van der Waals surface area contributed by atoms with Crippen LogP contribution in [0, 0.1) is 0 Å². The second-order valence-corrected chi connectivity index (χ2v) is 4.64. The number of hydrogen-bond acceptors (Lipinski definition) is 3. The van der Waals surface area contributed by atoms with E-state index in [9.17, 15) is 0 Å². The molecule has 0 fully saturated rings. The van der Waals surface area contributed by atoms with Crippen LogP contribution in [0.5, 0.6) is 5.75 Å². The van der Waals surface area contributed by atoms with Crippen molar-refractivity contribution in [3.8, 4) is 16.9 Å². The highest BCUT2D eigenvalue weighted by molar-refractivity contribution is 5.63. The minimum Gasteiger partial charge on any atom is -0.487 e. The standard InChI is InChI=1S/C17H21NO2/c1-18-12-17(13-19-2)20-16-10-8-15(9-11-16)14-6-4-3-5-7-14/h3-11,17-18H,12-13H2,1-2H3. The molecular formula is C17H21NO2. The fraction of sp³-hybridized carbons (Fsp3) is 0.294. The highest BCUT2D eigenvalue weighted by Gasteiger charge is 2.09. The van der Waals surface area contributed by atoms with Crippen LogP contribution in [0.2, 0.25) is 0 Å². The molecule has 0 radical (unpaired) electrons. The van der Waals surface area contributed by atoms with Gasteiger partial charge in [-0.2, -0.15) is 0 Å². The maximum atomic E-state index is 5.90. The van der Waals surface area contributed by atoms with Crippen molar-refractivity contribution in [2.45, 2.75) is 6.10 Å². The Kier molecular flexibility index (Phi) is 5.59. The van der Waals surface area contributed by atoms with E-state index in [1.54, 1.807) is 7.11 Å². The average molecular weight is 271 g/mol. The molecule has 2 rings (SSSR count). The van der Waals surface area contributed by atoms with Crippen molar-refractivity contribution in [3.05, 3.63) is 54.6 Å². The summed E-state index contributed by atoms with van der Waals surface area (Å²) in [6, 6.07) is 18.5. The summed E-state index contributed by atoms with van der Waals surface area (Å²) in [7, 11) is 3.59. The lowest BCUT2D eigenvalue weighted by molar-refractivity contribution is 0.0818. The molecule has 0 bridgehead atoms. The Morgan fingerprint density at radius 2 is 1.60 bits per heavy atom. The summed E-state index contributed by atoms with van der Waals surface area (Å²) in [6.45, 7) is 1.33. The molecule has 0 aromatic heterocycles. The van der Waals surface area contributed by atoms with E-state index in [1.807, 2.05) is 37.4 Å². The fourth-order valence-corrected chi connectivity index (χ4v) is 2.10. The van der Waals surface area contributed by atoms with Gasteiger partial charge in [-0.1, -0.05) is 42.5 Å². The summed E-state index contributed by atoms with van der Waals surface area (Å²) in [5.74, 6) is 0.863. The Balaban J connectivity index is 2.04. The molecule has 3 nitrogen and oxygen atoms in total. The molecule has 0 heterocycles. The van der Waals surface area contributed by atoms with Gasteiger partial charge in [-0.05, 0) is 30.3 Å². The third kappa shape index (κ3) is 4.08. The first-order valence-corrected chi connectivity index (χ1v) is 6.79. The number of nitrogens with one attached hydrogen (secondary N) is 1. The number of likely N-dealkylation sites (N-methyl/N-ethyl adjacent to an activating group) is 1. The zero-order valence-electron chi connectivity index (χ0n) is 12.0. The monoisotopic (exact) mass is 271 g/mol. The van der Waals surface area contributed by atoms with Gasteiger partial charge in [-0.15, -0.1) is 0 Å². The molecule has 2 aromatic rings. The second-order valence-electron chi connectivity index (χ2n) is 4.64. The van der Waals surface area contributed by atoms with Gasteiger partial charge in [0.1, 0.15) is 11.9 Å². The van der Waals surface area contributed by atoms with E-state index in [1.165, 1.54) is 11.1 Å². The topological polar surface area (TPSA) is 30.5 Å². The average Bonchev–Trinajstić information content (AvgIpc) is 2.49. The molecule has 1 unspecified atom stereocenters. The zero-order chi connectivity index (χ0) is 14.2. The Morgan fingerprint density at radius 3 is 2.20 bits per heavy atom. The van der Waals surface area contributed by atoms with E-state index < -0.39 is 0 Å². The van der Waals surface area contributed by atoms with Gasteiger partial charge in [0.2, 0.25) is 0 Å². The van der Waals surface area contributed by atoms with Gasteiger partial charge in [0.25, 0.3) is 0 Å². The van der Waals surface area contributed by atoms with Crippen LogP contribution in [-0.4, -0.2) is 33.4 Å². The highest BCUT2D eigenvalue weighted by atomic mass is 16.5. The number of rotatable bonds is 7. The molecule has 0 aliphatic rings. The van der Waals surface area contributed by atoms with Crippen molar-refractivity contribution < 1.29 is 9.47 Å². The Morgan fingerprint density at radius 1 is 0.950 bits per heavy atom. The van der Waals surface area contributed by atoms with Crippen LogP contribution in [0.15, 0.2) is 54.6 Å². The summed E-state index contributed by atoms with van der Waals surface area (Å²) >= 11 is 0. The molecule has 2 aromatic carbocycles. The predicted molar refractivity (Wildman–Crippen MR) is 82.1 cm³/mol. The summed E-state index contributed by atoms with van der Waals surface area (Å²) in [5.41, 5.74) is 2.40. The van der Waals surface area contributed by atoms with Crippen LogP contribution >= 0.6 is 0 Å². The Hall–Kier alpha value is -1.84. The largest absolute Gasteiger partial charge is 0.487 e. The lowest BCUT2D eigenvalue weighted by atomic mass is 10.1. The molecule has 0 spiro atoms. The third-order valence-corrected chi connectivity index (χ3v) is 3.05. The number of methoxy groups -OCH3 is 1. The van der Waals surface area contributed by atoms with Gasteiger partial charge in [0, 0.05) is 13.7 Å². The zero-order valence-corrected chi connectivity index (χ0v) is 12.0. The van der Waals surface area contributed by atoms with Crippen LogP contribution in [0.3, 0.4) is 0 Å². The molecule has 3 heteroatoms. The Labute approximate surface area is 120 Å². The van der Waals surface area contributed by atoms with E-state index in [4.69, 9.17) is 9.47 Å². The molecule has 0 saturated heterocycles. The molecule has 0 saturated carbocycles. The van der Waals surface area contributed by atoms with Gasteiger partial charge in [0.15, 0.2) is 0 Å². The van der Waals surface area contributed by atoms with Crippen molar-refractivity contribution in [1.29, 1.82) is 0 Å². The number of benzene rings is 2. The van der Waals surface area contributed by atoms with Crippen molar-refractivity contribution >= 4 is 0 Å². The Bertz CT molecular complexity index is 490. The molecule has 1 N–H and O–H groups in total. The molecule has 20 heavy (non-hydrogen) atoms. The fourth-order valence-electron chi connectivity index (χ4n) is 2.10. The summed E-state index contributed by atoms with van der Waals surface area (Å²) in [5, 5.41) is 3.11. The maximum Gasteiger partial charge on any atom is 0.134 e. The third-order valence-electron chi connectivity index (χ3n) is 3.05. The van der Waals surface area contributed by atoms with Crippen molar-refractivity contribution in [2.24, 2.45) is 0 Å². The van der Waals surface area contributed by atoms with Gasteiger partial charge >= 0.3 is 0 Å². The van der Waals surface area contributed by atoms with E-state index >= 15 is 0 Å². The van der Waals surface area contributed by atoms with Crippen molar-refractivity contribution in [3.63, 3.8) is 0 Å². The highest BCUT2D eigenvalue weighted by Crippen LogP contribution is 2.22. The summed E-state index contributed by atoms with van der Waals surface area (Å²) < 4.78 is 11.1. The van der Waals surface area contributed by atoms with Crippen LogP contribution in [-0.2, 0) is 4.74 Å². The van der Waals surface area contributed by atoms with Crippen LogP contribution in [0.1, 0.15) is 0 Å². The quantitative estimate of drug-likeness (QED) is 0.840. The molecule has 0 aliphatic carbocycles. The van der Waals surface area contributed by atoms with Crippen molar-refractivity contribution in [2.75, 3.05) is 27.3 Å². The van der Waals surface area contributed by atoms with Gasteiger partial charge in [-0.3, -0.25) is 0 Å². The van der Waals surface area contributed by atoms with Crippen LogP contribution in [0.25, 0.3) is 11.1 Å². The molecule has 106 valence electrons. The maximum absolute atomic E-state index is 5.90. The van der Waals surface area contributed by atoms with Crippen LogP contribution < -0.4 is 10.1 Å². The summed E-state index contributed by atoms with van der Waals surface area (Å²) in [4.78, 5) is 0. The number of ether oxygens (including phenoxy) is 2. The lowest BCUT2D eigenvalue weighted by Crippen LogP contribution is -2.33. The first-order valence-electron chi connectivity index (χ1n) is 6.79. The molecule has 0 aliphatic heterocycles. The SMILES string of the molecule is CNCC(COC)Oc1ccc(-c2ccccc2)cc1. The normalized spacial score (nSPS) is 12.1. The molecule has 0 amide bonds. The summed E-state index contributed by atoms with van der Waals surface area (Å²) in [6.07, 6.45) is 0.0209. The van der Waals surface area contributed by atoms with Gasteiger partial charge in [0.05, 0.1) is 6.61 Å². The van der Waals surface area contributed by atoms with E-state index in [0.717, 1.165) is 12.3 Å². The first kappa shape index (κ1) is 14.6. The predicted octanol–water partition coefficient (Wildman–Crippen LogP) is 2.97. The smallest absolute Gasteiger partial charge is 0.134 e. The lowest BCUT2D eigenvalue weighted by Gasteiger charge is -2.18. The minimum atomic E-state index is 0.0209. The van der Waals surface area contributed by atoms with Crippen molar-refractivity contribution in [1.82, 2.24) is 5.32 Å².